The molecule has 0 aliphatic heterocycles. The molecule has 1 fully saturated rings. The van der Waals surface area contributed by atoms with Crippen LogP contribution in [0.5, 0.6) is 0 Å². The third kappa shape index (κ3) is 6.08. The van der Waals surface area contributed by atoms with E-state index in [2.05, 4.69) is 6.92 Å². The highest BCUT2D eigenvalue weighted by molar-refractivity contribution is 5.77. The molecule has 1 aliphatic carbocycles. The Morgan fingerprint density at radius 2 is 1.58 bits per heavy atom. The number of carbonyl (C=O) groups is 2. The fourth-order valence-electron chi connectivity index (χ4n) is 2.61. The molecule has 0 atom stereocenters. The molecule has 0 spiro atoms. The molecule has 1 rings (SSSR count). The van der Waals surface area contributed by atoms with E-state index in [4.69, 9.17) is 10.5 Å². The Morgan fingerprint density at radius 3 is 2.16 bits per heavy atom. The van der Waals surface area contributed by atoms with Gasteiger partial charge in [-0.2, -0.15) is 0 Å². The van der Waals surface area contributed by atoms with Crippen molar-refractivity contribution in [2.24, 2.45) is 17.6 Å². The van der Waals surface area contributed by atoms with Gasteiger partial charge in [0.25, 0.3) is 0 Å². The fraction of sp³-hybridized carbons (Fsp3) is 0.867. The summed E-state index contributed by atoms with van der Waals surface area (Å²) in [6.07, 6.45) is 8.73. The average Bonchev–Trinajstić information content (AvgIpc) is 2.42. The van der Waals surface area contributed by atoms with Crippen LogP contribution in [0.2, 0.25) is 0 Å². The molecule has 0 saturated heterocycles. The van der Waals surface area contributed by atoms with Gasteiger partial charge in [-0.05, 0) is 32.1 Å². The molecule has 0 aromatic rings. The van der Waals surface area contributed by atoms with E-state index in [1.807, 2.05) is 0 Å². The lowest BCUT2D eigenvalue weighted by Crippen LogP contribution is -2.30. The molecule has 1 aliphatic rings. The fourth-order valence-corrected chi connectivity index (χ4v) is 2.61. The standard InChI is InChI=1S/C15H27NO3/c1-2-3-4-5-6-11-19-15(18)13-9-7-12(8-10-13)14(16)17/h12-13H,2-11H2,1H3,(H2,16,17). The predicted molar refractivity (Wildman–Crippen MR) is 74.4 cm³/mol. The molecule has 0 aromatic carbocycles. The number of amides is 1. The smallest absolute Gasteiger partial charge is 0.308 e. The highest BCUT2D eigenvalue weighted by Gasteiger charge is 2.29. The van der Waals surface area contributed by atoms with Crippen LogP contribution in [-0.2, 0) is 14.3 Å². The summed E-state index contributed by atoms with van der Waals surface area (Å²) in [5.41, 5.74) is 5.27. The van der Waals surface area contributed by atoms with E-state index in [0.717, 1.165) is 38.5 Å². The van der Waals surface area contributed by atoms with Gasteiger partial charge < -0.3 is 10.5 Å². The number of carbonyl (C=O) groups excluding carboxylic acids is 2. The molecule has 1 amide bonds. The molecule has 0 aromatic heterocycles. The molecular formula is C15H27NO3. The van der Waals surface area contributed by atoms with Crippen LogP contribution in [0, 0.1) is 11.8 Å². The molecule has 0 heterocycles. The number of ether oxygens (including phenoxy) is 1. The molecule has 110 valence electrons. The highest BCUT2D eigenvalue weighted by atomic mass is 16.5. The summed E-state index contributed by atoms with van der Waals surface area (Å²) in [5, 5.41) is 0. The molecule has 19 heavy (non-hydrogen) atoms. The lowest BCUT2D eigenvalue weighted by molar-refractivity contribution is -0.150. The first-order chi connectivity index (χ1) is 9.15. The summed E-state index contributed by atoms with van der Waals surface area (Å²) in [7, 11) is 0. The van der Waals surface area contributed by atoms with Gasteiger partial charge in [0.1, 0.15) is 0 Å². The number of hydrogen-bond acceptors (Lipinski definition) is 3. The summed E-state index contributed by atoms with van der Waals surface area (Å²) in [5.74, 6) is -0.384. The van der Waals surface area contributed by atoms with Gasteiger partial charge in [0.2, 0.25) is 5.91 Å². The van der Waals surface area contributed by atoms with Gasteiger partial charge >= 0.3 is 5.97 Å². The maximum absolute atomic E-state index is 11.8. The molecule has 2 N–H and O–H groups in total. The zero-order valence-electron chi connectivity index (χ0n) is 12.0. The quantitative estimate of drug-likeness (QED) is 0.544. The van der Waals surface area contributed by atoms with Crippen LogP contribution in [0.3, 0.4) is 0 Å². The van der Waals surface area contributed by atoms with Crippen molar-refractivity contribution in [3.8, 4) is 0 Å². The average molecular weight is 269 g/mol. The van der Waals surface area contributed by atoms with Gasteiger partial charge in [-0.1, -0.05) is 32.6 Å². The van der Waals surface area contributed by atoms with Gasteiger partial charge in [0.15, 0.2) is 0 Å². The molecule has 0 radical (unpaired) electrons. The predicted octanol–water partition coefficient (Wildman–Crippen LogP) is 2.79. The molecular weight excluding hydrogens is 242 g/mol. The van der Waals surface area contributed by atoms with Crippen molar-refractivity contribution >= 4 is 11.9 Å². The Labute approximate surface area is 116 Å². The topological polar surface area (TPSA) is 69.4 Å². The van der Waals surface area contributed by atoms with E-state index in [9.17, 15) is 9.59 Å². The monoisotopic (exact) mass is 269 g/mol. The first-order valence-electron chi connectivity index (χ1n) is 7.61. The minimum absolute atomic E-state index is 0.0220. The number of rotatable bonds is 8. The van der Waals surface area contributed by atoms with E-state index in [1.165, 1.54) is 19.3 Å². The number of nitrogens with two attached hydrogens (primary N) is 1. The van der Waals surface area contributed by atoms with Crippen molar-refractivity contribution in [1.82, 2.24) is 0 Å². The number of esters is 1. The highest BCUT2D eigenvalue weighted by Crippen LogP contribution is 2.29. The third-order valence-corrected chi connectivity index (χ3v) is 3.96. The lowest BCUT2D eigenvalue weighted by atomic mass is 9.82. The number of unbranched alkanes of at least 4 members (excludes halogenated alkanes) is 4. The SMILES string of the molecule is CCCCCCCOC(=O)C1CCC(C(N)=O)CC1. The van der Waals surface area contributed by atoms with Crippen molar-refractivity contribution in [1.29, 1.82) is 0 Å². The normalized spacial score (nSPS) is 23.0. The third-order valence-electron chi connectivity index (χ3n) is 3.96. The van der Waals surface area contributed by atoms with Gasteiger partial charge in [-0.15, -0.1) is 0 Å². The van der Waals surface area contributed by atoms with Crippen molar-refractivity contribution in [2.75, 3.05) is 6.61 Å². The molecule has 4 heteroatoms. The first-order valence-corrected chi connectivity index (χ1v) is 7.61. The van der Waals surface area contributed by atoms with Crippen molar-refractivity contribution < 1.29 is 14.3 Å². The summed E-state index contributed by atoms with van der Waals surface area (Å²) < 4.78 is 5.30. The molecule has 0 unspecified atom stereocenters. The maximum Gasteiger partial charge on any atom is 0.308 e. The summed E-state index contributed by atoms with van der Waals surface area (Å²) in [4.78, 5) is 22.9. The van der Waals surface area contributed by atoms with Gasteiger partial charge in [-0.3, -0.25) is 9.59 Å². The Bertz CT molecular complexity index is 283. The van der Waals surface area contributed by atoms with E-state index in [0.29, 0.717) is 6.61 Å². The van der Waals surface area contributed by atoms with E-state index in [-0.39, 0.29) is 23.7 Å². The zero-order valence-corrected chi connectivity index (χ0v) is 12.0. The van der Waals surface area contributed by atoms with E-state index >= 15 is 0 Å². The lowest BCUT2D eigenvalue weighted by Gasteiger charge is -2.25. The summed E-state index contributed by atoms with van der Waals surface area (Å²) >= 11 is 0. The second-order valence-electron chi connectivity index (χ2n) is 5.53. The van der Waals surface area contributed by atoms with E-state index < -0.39 is 0 Å². The zero-order chi connectivity index (χ0) is 14.1. The van der Waals surface area contributed by atoms with Gasteiger partial charge in [0, 0.05) is 5.92 Å². The molecule has 0 bridgehead atoms. The summed E-state index contributed by atoms with van der Waals surface area (Å²) in [6, 6.07) is 0. The maximum atomic E-state index is 11.8. The second kappa shape index (κ2) is 8.94. The van der Waals surface area contributed by atoms with Crippen molar-refractivity contribution in [3.05, 3.63) is 0 Å². The molecule has 4 nitrogen and oxygen atoms in total. The van der Waals surface area contributed by atoms with Crippen LogP contribution in [0.1, 0.15) is 64.7 Å². The van der Waals surface area contributed by atoms with Crippen LogP contribution in [0.25, 0.3) is 0 Å². The van der Waals surface area contributed by atoms with Crippen molar-refractivity contribution in [2.45, 2.75) is 64.7 Å². The molecule has 1 saturated carbocycles. The Hall–Kier alpha value is -1.06. The largest absolute Gasteiger partial charge is 0.465 e. The minimum atomic E-state index is -0.234. The van der Waals surface area contributed by atoms with Crippen LogP contribution in [0.15, 0.2) is 0 Å². The number of hydrogen-bond donors (Lipinski definition) is 1. The van der Waals surface area contributed by atoms with E-state index in [1.54, 1.807) is 0 Å². The Kier molecular flexibility index (Phi) is 7.53. The van der Waals surface area contributed by atoms with Crippen molar-refractivity contribution in [3.63, 3.8) is 0 Å². The van der Waals surface area contributed by atoms with Gasteiger partial charge in [-0.25, -0.2) is 0 Å². The Balaban J connectivity index is 2.09. The second-order valence-corrected chi connectivity index (χ2v) is 5.53. The van der Waals surface area contributed by atoms with Crippen LogP contribution in [0.4, 0.5) is 0 Å². The van der Waals surface area contributed by atoms with Crippen LogP contribution >= 0.6 is 0 Å². The number of primary amides is 1. The summed E-state index contributed by atoms with van der Waals surface area (Å²) in [6.45, 7) is 2.72. The first kappa shape index (κ1) is 16.0. The van der Waals surface area contributed by atoms with Gasteiger partial charge in [0.05, 0.1) is 12.5 Å². The van der Waals surface area contributed by atoms with Crippen LogP contribution in [-0.4, -0.2) is 18.5 Å². The Morgan fingerprint density at radius 1 is 1.00 bits per heavy atom. The van der Waals surface area contributed by atoms with Crippen LogP contribution < -0.4 is 5.73 Å². The minimum Gasteiger partial charge on any atom is -0.465 e.